The topological polar surface area (TPSA) is 84.2 Å². The van der Waals surface area contributed by atoms with Crippen LogP contribution in [0.1, 0.15) is 48.8 Å². The Bertz CT molecular complexity index is 728. The van der Waals surface area contributed by atoms with Gasteiger partial charge < -0.3 is 10.4 Å². The van der Waals surface area contributed by atoms with E-state index in [1.54, 1.807) is 0 Å². The van der Waals surface area contributed by atoms with E-state index in [4.69, 9.17) is 0 Å². The summed E-state index contributed by atoms with van der Waals surface area (Å²) in [5.41, 5.74) is 0.790. The van der Waals surface area contributed by atoms with E-state index in [9.17, 15) is 14.7 Å². The number of hydrogen-bond donors (Lipinski definition) is 2. The molecule has 2 rings (SSSR count). The summed E-state index contributed by atoms with van der Waals surface area (Å²) < 4.78 is 1.29. The van der Waals surface area contributed by atoms with Crippen molar-refractivity contribution in [2.24, 2.45) is 0 Å². The van der Waals surface area contributed by atoms with Crippen molar-refractivity contribution in [2.75, 3.05) is 0 Å². The molecular weight excluding hydrogens is 306 g/mol. The molecule has 0 aliphatic carbocycles. The van der Waals surface area contributed by atoms with Gasteiger partial charge in [-0.3, -0.25) is 9.59 Å². The van der Waals surface area contributed by atoms with Crippen molar-refractivity contribution in [3.05, 3.63) is 64.1 Å². The first-order valence-electron chi connectivity index (χ1n) is 8.13. The van der Waals surface area contributed by atoms with E-state index in [1.165, 1.54) is 16.8 Å². The number of nitrogens with zero attached hydrogens (tertiary/aromatic N) is 2. The summed E-state index contributed by atoms with van der Waals surface area (Å²) in [6.07, 6.45) is 0.505. The van der Waals surface area contributed by atoms with Gasteiger partial charge in [-0.05, 0) is 31.4 Å². The van der Waals surface area contributed by atoms with Gasteiger partial charge in [0.05, 0.1) is 6.10 Å². The number of aliphatic hydroxyl groups is 1. The van der Waals surface area contributed by atoms with Crippen LogP contribution in [0.3, 0.4) is 0 Å². The smallest absolute Gasteiger partial charge is 0.271 e. The lowest BCUT2D eigenvalue weighted by molar-refractivity contribution is 0.0909. The summed E-state index contributed by atoms with van der Waals surface area (Å²) in [5, 5.41) is 17.1. The number of carbonyl (C=O) groups excluding carboxylic acids is 1. The maximum absolute atomic E-state index is 12.3. The van der Waals surface area contributed by atoms with E-state index in [0.717, 1.165) is 12.0 Å². The Hall–Kier alpha value is -2.47. The van der Waals surface area contributed by atoms with E-state index >= 15 is 0 Å². The Morgan fingerprint density at radius 3 is 2.62 bits per heavy atom. The highest BCUT2D eigenvalue weighted by Crippen LogP contribution is 2.17. The minimum atomic E-state index is -0.650. The fourth-order valence-electron chi connectivity index (χ4n) is 2.44. The van der Waals surface area contributed by atoms with Gasteiger partial charge in [0.2, 0.25) is 0 Å². The third-order valence-corrected chi connectivity index (χ3v) is 3.67. The van der Waals surface area contributed by atoms with Crippen molar-refractivity contribution in [3.8, 4) is 0 Å². The van der Waals surface area contributed by atoms with E-state index in [-0.39, 0.29) is 23.2 Å². The normalized spacial score (nSPS) is 13.3. The molecule has 2 atom stereocenters. The van der Waals surface area contributed by atoms with Gasteiger partial charge in [0, 0.05) is 18.7 Å². The zero-order valence-electron chi connectivity index (χ0n) is 14.0. The third kappa shape index (κ3) is 4.76. The molecular formula is C18H23N3O3. The number of aromatic nitrogens is 2. The summed E-state index contributed by atoms with van der Waals surface area (Å²) >= 11 is 0. The van der Waals surface area contributed by atoms with Crippen molar-refractivity contribution in [2.45, 2.75) is 45.4 Å². The first kappa shape index (κ1) is 17.9. The van der Waals surface area contributed by atoms with Crippen LogP contribution in [0, 0.1) is 0 Å². The highest BCUT2D eigenvalue weighted by atomic mass is 16.3. The van der Waals surface area contributed by atoms with Crippen molar-refractivity contribution >= 4 is 5.91 Å². The predicted molar refractivity (Wildman–Crippen MR) is 91.7 cm³/mol. The summed E-state index contributed by atoms with van der Waals surface area (Å²) in [7, 11) is 0. The number of hydrogen-bond acceptors (Lipinski definition) is 4. The van der Waals surface area contributed by atoms with Crippen LogP contribution in [0.25, 0.3) is 0 Å². The van der Waals surface area contributed by atoms with Gasteiger partial charge in [0.25, 0.3) is 11.5 Å². The molecule has 1 aromatic carbocycles. The lowest BCUT2D eigenvalue weighted by atomic mass is 10.0. The zero-order valence-corrected chi connectivity index (χ0v) is 14.0. The zero-order chi connectivity index (χ0) is 17.5. The molecule has 2 aromatic rings. The molecule has 128 valence electrons. The molecule has 6 nitrogen and oxygen atoms in total. The SMILES string of the molecule is CCCn1nc(C(=O)NC(C)CC(O)c2ccccc2)ccc1=O. The Morgan fingerprint density at radius 2 is 1.96 bits per heavy atom. The largest absolute Gasteiger partial charge is 0.388 e. The van der Waals surface area contributed by atoms with Crippen molar-refractivity contribution < 1.29 is 9.90 Å². The van der Waals surface area contributed by atoms with Crippen molar-refractivity contribution in [3.63, 3.8) is 0 Å². The Labute approximate surface area is 141 Å². The molecule has 0 saturated heterocycles. The van der Waals surface area contributed by atoms with Gasteiger partial charge in [-0.15, -0.1) is 0 Å². The van der Waals surface area contributed by atoms with Crippen LogP contribution in [0.2, 0.25) is 0 Å². The van der Waals surface area contributed by atoms with Crippen LogP contribution >= 0.6 is 0 Å². The summed E-state index contributed by atoms with van der Waals surface area (Å²) in [6.45, 7) is 4.24. The van der Waals surface area contributed by atoms with Crippen LogP contribution in [-0.4, -0.2) is 26.8 Å². The minimum Gasteiger partial charge on any atom is -0.388 e. The second kappa shape index (κ2) is 8.40. The molecule has 2 N–H and O–H groups in total. The highest BCUT2D eigenvalue weighted by molar-refractivity contribution is 5.92. The Balaban J connectivity index is 1.98. The molecule has 0 aliphatic rings. The van der Waals surface area contributed by atoms with Gasteiger partial charge in [-0.1, -0.05) is 37.3 Å². The number of aryl methyl sites for hydroxylation is 1. The predicted octanol–water partition coefficient (Wildman–Crippen LogP) is 1.90. The molecule has 2 unspecified atom stereocenters. The number of aliphatic hydroxyl groups excluding tert-OH is 1. The molecule has 0 saturated carbocycles. The van der Waals surface area contributed by atoms with Crippen LogP contribution in [0.15, 0.2) is 47.3 Å². The van der Waals surface area contributed by atoms with Crippen LogP contribution in [0.5, 0.6) is 0 Å². The lowest BCUT2D eigenvalue weighted by Crippen LogP contribution is -2.36. The van der Waals surface area contributed by atoms with E-state index < -0.39 is 6.10 Å². The molecule has 0 bridgehead atoms. The van der Waals surface area contributed by atoms with Crippen LogP contribution in [-0.2, 0) is 6.54 Å². The van der Waals surface area contributed by atoms with Gasteiger partial charge >= 0.3 is 0 Å². The lowest BCUT2D eigenvalue weighted by Gasteiger charge is -2.18. The molecule has 6 heteroatoms. The van der Waals surface area contributed by atoms with E-state index in [0.29, 0.717) is 13.0 Å². The molecule has 0 aliphatic heterocycles. The summed E-state index contributed by atoms with van der Waals surface area (Å²) in [5.74, 6) is -0.354. The number of nitrogens with one attached hydrogen (secondary N) is 1. The molecule has 1 aromatic heterocycles. The van der Waals surface area contributed by atoms with Crippen molar-refractivity contribution in [1.82, 2.24) is 15.1 Å². The molecule has 0 fully saturated rings. The second-order valence-corrected chi connectivity index (χ2v) is 5.82. The monoisotopic (exact) mass is 329 g/mol. The number of amides is 1. The standard InChI is InChI=1S/C18H23N3O3/c1-3-11-21-17(23)10-9-15(20-21)18(24)19-13(2)12-16(22)14-7-5-4-6-8-14/h4-10,13,16,22H,3,11-12H2,1-2H3,(H,19,24). The van der Waals surface area contributed by atoms with E-state index in [2.05, 4.69) is 10.4 Å². The number of rotatable bonds is 7. The summed E-state index contributed by atoms with van der Waals surface area (Å²) in [4.78, 5) is 23.9. The quantitative estimate of drug-likeness (QED) is 0.812. The Kier molecular flexibility index (Phi) is 6.26. The molecule has 0 radical (unpaired) electrons. The van der Waals surface area contributed by atoms with Crippen LogP contribution in [0.4, 0.5) is 0 Å². The Morgan fingerprint density at radius 1 is 1.25 bits per heavy atom. The molecule has 1 amide bonds. The van der Waals surface area contributed by atoms with Crippen molar-refractivity contribution in [1.29, 1.82) is 0 Å². The maximum Gasteiger partial charge on any atom is 0.271 e. The highest BCUT2D eigenvalue weighted by Gasteiger charge is 2.16. The average molecular weight is 329 g/mol. The number of carbonyl (C=O) groups is 1. The van der Waals surface area contributed by atoms with Gasteiger partial charge in [0.15, 0.2) is 0 Å². The third-order valence-electron chi connectivity index (χ3n) is 3.67. The first-order valence-corrected chi connectivity index (χ1v) is 8.13. The maximum atomic E-state index is 12.3. The van der Waals surface area contributed by atoms with Crippen LogP contribution < -0.4 is 10.9 Å². The van der Waals surface area contributed by atoms with Gasteiger partial charge in [-0.2, -0.15) is 5.10 Å². The molecule has 24 heavy (non-hydrogen) atoms. The van der Waals surface area contributed by atoms with Gasteiger partial charge in [0.1, 0.15) is 5.69 Å². The summed E-state index contributed by atoms with van der Waals surface area (Å²) in [6, 6.07) is 11.8. The molecule has 0 spiro atoms. The second-order valence-electron chi connectivity index (χ2n) is 5.82. The fourth-order valence-corrected chi connectivity index (χ4v) is 2.44. The fraction of sp³-hybridized carbons (Fsp3) is 0.389. The molecule has 1 heterocycles. The minimum absolute atomic E-state index is 0.198. The first-order chi connectivity index (χ1) is 11.5. The van der Waals surface area contributed by atoms with Gasteiger partial charge in [-0.25, -0.2) is 4.68 Å². The van der Waals surface area contributed by atoms with E-state index in [1.807, 2.05) is 44.2 Å². The number of benzene rings is 1. The average Bonchev–Trinajstić information content (AvgIpc) is 2.57.